The Balaban J connectivity index is 3.16. The van der Waals surface area contributed by atoms with Crippen molar-refractivity contribution in [2.45, 2.75) is 6.43 Å². The molecule has 0 aromatic carbocycles. The molecule has 0 bridgehead atoms. The van der Waals surface area contributed by atoms with Gasteiger partial charge in [-0.2, -0.15) is 0 Å². The van der Waals surface area contributed by atoms with E-state index in [1.54, 1.807) is 0 Å². The van der Waals surface area contributed by atoms with E-state index in [4.69, 9.17) is 5.73 Å². The minimum atomic E-state index is -2.66. The van der Waals surface area contributed by atoms with E-state index in [1.165, 1.54) is 0 Å². The lowest BCUT2D eigenvalue weighted by atomic mass is 10.3. The second-order valence-corrected chi connectivity index (χ2v) is 2.01. The molecule has 0 spiro atoms. The Hall–Kier alpha value is -1.39. The Morgan fingerprint density at radius 1 is 1.55 bits per heavy atom. The number of rotatable bonds is 1. The van der Waals surface area contributed by atoms with E-state index in [0.717, 1.165) is 12.3 Å². The first kappa shape index (κ1) is 7.71. The quantitative estimate of drug-likeness (QED) is 0.641. The van der Waals surface area contributed by atoms with Gasteiger partial charge in [-0.1, -0.05) is 0 Å². The van der Waals surface area contributed by atoms with Gasteiger partial charge < -0.3 is 10.7 Å². The predicted molar refractivity (Wildman–Crippen MR) is 36.4 cm³/mol. The SMILES string of the molecule is Nc1c[nH]c(C(F)F)cc1=O. The Morgan fingerprint density at radius 2 is 2.18 bits per heavy atom. The van der Waals surface area contributed by atoms with Crippen LogP contribution in [-0.2, 0) is 0 Å². The van der Waals surface area contributed by atoms with Crippen molar-refractivity contribution in [2.75, 3.05) is 5.73 Å². The van der Waals surface area contributed by atoms with Gasteiger partial charge in [0.25, 0.3) is 6.43 Å². The topological polar surface area (TPSA) is 58.9 Å². The maximum atomic E-state index is 11.9. The van der Waals surface area contributed by atoms with E-state index in [9.17, 15) is 13.6 Å². The summed E-state index contributed by atoms with van der Waals surface area (Å²) < 4.78 is 23.7. The molecule has 0 saturated heterocycles. The van der Waals surface area contributed by atoms with Crippen LogP contribution in [0.3, 0.4) is 0 Å². The molecule has 0 amide bonds. The molecular weight excluding hydrogens is 154 g/mol. The van der Waals surface area contributed by atoms with Gasteiger partial charge in [0.2, 0.25) is 5.43 Å². The summed E-state index contributed by atoms with van der Waals surface area (Å²) in [6, 6.07) is 0.792. The lowest BCUT2D eigenvalue weighted by Gasteiger charge is -1.98. The monoisotopic (exact) mass is 160 g/mol. The average molecular weight is 160 g/mol. The molecule has 0 atom stereocenters. The molecule has 11 heavy (non-hydrogen) atoms. The highest BCUT2D eigenvalue weighted by molar-refractivity contribution is 5.34. The number of aromatic nitrogens is 1. The number of hydrogen-bond acceptors (Lipinski definition) is 2. The van der Waals surface area contributed by atoms with Crippen molar-refractivity contribution < 1.29 is 8.78 Å². The molecule has 1 aromatic rings. The summed E-state index contributed by atoms with van der Waals surface area (Å²) in [7, 11) is 0. The molecule has 0 aliphatic heterocycles. The van der Waals surface area contributed by atoms with Gasteiger partial charge in [0, 0.05) is 12.3 Å². The molecule has 0 unspecified atom stereocenters. The van der Waals surface area contributed by atoms with Crippen LogP contribution in [0.1, 0.15) is 12.1 Å². The highest BCUT2D eigenvalue weighted by Gasteiger charge is 2.07. The maximum Gasteiger partial charge on any atom is 0.278 e. The average Bonchev–Trinajstić information content (AvgIpc) is 1.94. The van der Waals surface area contributed by atoms with E-state index in [2.05, 4.69) is 4.98 Å². The molecule has 1 rings (SSSR count). The summed E-state index contributed by atoms with van der Waals surface area (Å²) in [5.74, 6) is 0. The number of hydrogen-bond donors (Lipinski definition) is 2. The maximum absolute atomic E-state index is 11.9. The first-order valence-corrected chi connectivity index (χ1v) is 2.87. The summed E-state index contributed by atoms with van der Waals surface area (Å²) in [5, 5.41) is 0. The highest BCUT2D eigenvalue weighted by atomic mass is 19.3. The number of aromatic amines is 1. The molecule has 0 aliphatic carbocycles. The summed E-state index contributed by atoms with van der Waals surface area (Å²) in [6.45, 7) is 0. The third-order valence-electron chi connectivity index (χ3n) is 1.20. The van der Waals surface area contributed by atoms with Gasteiger partial charge in [-0.05, 0) is 0 Å². The van der Waals surface area contributed by atoms with Gasteiger partial charge in [0.1, 0.15) is 0 Å². The first-order chi connectivity index (χ1) is 5.11. The molecule has 3 N–H and O–H groups in total. The standard InChI is InChI=1S/C6H6F2N2O/c7-6(8)4-1-5(11)3(9)2-10-4/h1-2,6H,9H2,(H,10,11). The third kappa shape index (κ3) is 1.54. The Morgan fingerprint density at radius 3 is 2.64 bits per heavy atom. The normalized spacial score (nSPS) is 10.5. The third-order valence-corrected chi connectivity index (χ3v) is 1.20. The highest BCUT2D eigenvalue weighted by Crippen LogP contribution is 2.13. The second-order valence-electron chi connectivity index (χ2n) is 2.01. The Bertz CT molecular complexity index is 308. The van der Waals surface area contributed by atoms with Crippen LogP contribution >= 0.6 is 0 Å². The van der Waals surface area contributed by atoms with Crippen molar-refractivity contribution >= 4 is 5.69 Å². The van der Waals surface area contributed by atoms with Gasteiger partial charge >= 0.3 is 0 Å². The largest absolute Gasteiger partial charge is 0.394 e. The van der Waals surface area contributed by atoms with Crippen LogP contribution in [0.5, 0.6) is 0 Å². The van der Waals surface area contributed by atoms with Crippen LogP contribution in [0.25, 0.3) is 0 Å². The molecule has 0 saturated carbocycles. The zero-order valence-corrected chi connectivity index (χ0v) is 5.47. The summed E-state index contributed by atoms with van der Waals surface area (Å²) >= 11 is 0. The Kier molecular flexibility index (Phi) is 1.89. The number of anilines is 1. The number of pyridine rings is 1. The second kappa shape index (κ2) is 2.69. The van der Waals surface area contributed by atoms with Gasteiger partial charge in [0.15, 0.2) is 0 Å². The molecule has 5 heteroatoms. The smallest absolute Gasteiger partial charge is 0.278 e. The lowest BCUT2D eigenvalue weighted by Crippen LogP contribution is -2.09. The van der Waals surface area contributed by atoms with Crippen molar-refractivity contribution in [3.05, 3.63) is 28.2 Å². The van der Waals surface area contributed by atoms with E-state index in [1.807, 2.05) is 0 Å². The van der Waals surface area contributed by atoms with Crippen LogP contribution in [0.4, 0.5) is 14.5 Å². The minimum absolute atomic E-state index is 0.0607. The number of nitrogen functional groups attached to an aromatic ring is 1. The zero-order valence-electron chi connectivity index (χ0n) is 5.47. The fourth-order valence-electron chi connectivity index (χ4n) is 0.624. The van der Waals surface area contributed by atoms with Gasteiger partial charge in [-0.25, -0.2) is 8.78 Å². The number of nitrogens with one attached hydrogen (secondary N) is 1. The van der Waals surface area contributed by atoms with Gasteiger partial charge in [-0.3, -0.25) is 4.79 Å². The molecule has 3 nitrogen and oxygen atoms in total. The van der Waals surface area contributed by atoms with Crippen molar-refractivity contribution in [3.8, 4) is 0 Å². The molecule has 60 valence electrons. The van der Waals surface area contributed by atoms with E-state index in [0.29, 0.717) is 0 Å². The number of nitrogens with two attached hydrogens (primary N) is 1. The van der Waals surface area contributed by atoms with Crippen LogP contribution in [0.2, 0.25) is 0 Å². The van der Waals surface area contributed by atoms with Crippen molar-refractivity contribution in [3.63, 3.8) is 0 Å². The molecule has 1 heterocycles. The zero-order chi connectivity index (χ0) is 8.43. The van der Waals surface area contributed by atoms with Crippen LogP contribution in [0.15, 0.2) is 17.1 Å². The molecular formula is C6H6F2N2O. The fourth-order valence-corrected chi connectivity index (χ4v) is 0.624. The van der Waals surface area contributed by atoms with Gasteiger partial charge in [0.05, 0.1) is 11.4 Å². The van der Waals surface area contributed by atoms with E-state index in [-0.39, 0.29) is 5.69 Å². The summed E-state index contributed by atoms with van der Waals surface area (Å²) in [6.07, 6.45) is -1.60. The van der Waals surface area contributed by atoms with Crippen molar-refractivity contribution in [2.24, 2.45) is 0 Å². The molecule has 0 fully saturated rings. The van der Waals surface area contributed by atoms with E-state index < -0.39 is 17.5 Å². The van der Waals surface area contributed by atoms with E-state index >= 15 is 0 Å². The Labute approximate surface area is 60.8 Å². The molecule has 1 aromatic heterocycles. The lowest BCUT2D eigenvalue weighted by molar-refractivity contribution is 0.146. The number of halogens is 2. The summed E-state index contributed by atoms with van der Waals surface area (Å²) in [4.78, 5) is 12.9. The number of H-pyrrole nitrogens is 1. The van der Waals surface area contributed by atoms with Gasteiger partial charge in [-0.15, -0.1) is 0 Å². The number of alkyl halides is 2. The van der Waals surface area contributed by atoms with Crippen molar-refractivity contribution in [1.29, 1.82) is 0 Å². The predicted octanol–water partition coefficient (Wildman–Crippen LogP) is 0.895. The molecule has 0 radical (unpaired) electrons. The first-order valence-electron chi connectivity index (χ1n) is 2.87. The van der Waals surface area contributed by atoms with Crippen molar-refractivity contribution in [1.82, 2.24) is 4.98 Å². The molecule has 0 aliphatic rings. The summed E-state index contributed by atoms with van der Waals surface area (Å²) in [5.41, 5.74) is 4.04. The van der Waals surface area contributed by atoms with Crippen LogP contribution in [0, 0.1) is 0 Å². The fraction of sp³-hybridized carbons (Fsp3) is 0.167. The minimum Gasteiger partial charge on any atom is -0.394 e. The van der Waals surface area contributed by atoms with Crippen LogP contribution < -0.4 is 11.2 Å². The van der Waals surface area contributed by atoms with Crippen LogP contribution in [-0.4, -0.2) is 4.98 Å².